The minimum atomic E-state index is -0.653. The highest BCUT2D eigenvalue weighted by Crippen LogP contribution is 2.35. The molecule has 2 aromatic rings. The maximum absolute atomic E-state index is 14.0. The van der Waals surface area contributed by atoms with Gasteiger partial charge in [-0.1, -0.05) is 13.0 Å². The molecular weight excluding hydrogens is 421 g/mol. The largest absolute Gasteiger partial charge is 0.490 e. The van der Waals surface area contributed by atoms with Crippen LogP contribution in [0.3, 0.4) is 0 Å². The molecule has 1 unspecified atom stereocenters. The molecule has 0 fully saturated rings. The average molecular weight is 445 g/mol. The fraction of sp³-hybridized carbons (Fsp3) is 0.364. The minimum Gasteiger partial charge on any atom is -0.490 e. The lowest BCUT2D eigenvalue weighted by molar-refractivity contribution is -0.0160. The van der Waals surface area contributed by atoms with E-state index >= 15 is 0 Å². The number of nitrogens with zero attached hydrogens (tertiary/aromatic N) is 1. The second-order valence-electron chi connectivity index (χ2n) is 7.70. The van der Waals surface area contributed by atoms with E-state index in [0.29, 0.717) is 30.2 Å². The summed E-state index contributed by atoms with van der Waals surface area (Å²) in [6.07, 6.45) is 0. The lowest BCUT2D eigenvalue weighted by Gasteiger charge is -2.30. The quantitative estimate of drug-likeness (QED) is 0.668. The Labute approximate surface area is 184 Å². The third kappa shape index (κ3) is 4.61. The second kappa shape index (κ2) is 9.41. The van der Waals surface area contributed by atoms with Crippen LogP contribution in [0.25, 0.3) is 0 Å². The first kappa shape index (κ1) is 21.8. The molecule has 10 heteroatoms. The molecule has 4 rings (SSSR count). The summed E-state index contributed by atoms with van der Waals surface area (Å²) in [5.41, 5.74) is 1.23. The van der Waals surface area contributed by atoms with Gasteiger partial charge in [-0.05, 0) is 18.2 Å². The van der Waals surface area contributed by atoms with Gasteiger partial charge in [-0.2, -0.15) is 0 Å². The van der Waals surface area contributed by atoms with E-state index in [-0.39, 0.29) is 55.4 Å². The minimum absolute atomic E-state index is 0.000396. The summed E-state index contributed by atoms with van der Waals surface area (Å²) in [5, 5.41) is 14.6. The molecule has 9 nitrogen and oxygen atoms in total. The second-order valence-corrected chi connectivity index (χ2v) is 7.70. The molecule has 0 bridgehead atoms. The van der Waals surface area contributed by atoms with Crippen molar-refractivity contribution in [3.63, 3.8) is 0 Å². The highest BCUT2D eigenvalue weighted by Gasteiger charge is 2.27. The van der Waals surface area contributed by atoms with Crippen molar-refractivity contribution in [2.24, 2.45) is 5.92 Å². The Morgan fingerprint density at radius 2 is 2.03 bits per heavy atom. The Hall–Kier alpha value is -3.37. The zero-order valence-corrected chi connectivity index (χ0v) is 17.5. The lowest BCUT2D eigenvalue weighted by Crippen LogP contribution is -2.40. The summed E-state index contributed by atoms with van der Waals surface area (Å²) in [7, 11) is 0. The number of β-amino-alcohol motifs (C(OH)–C–C–N with tert-alkyl or cyclic N) is 1. The molecule has 3 N–H and O–H groups in total. The van der Waals surface area contributed by atoms with Crippen molar-refractivity contribution in [3.8, 4) is 11.5 Å². The highest BCUT2D eigenvalue weighted by molar-refractivity contribution is 6.04. The molecule has 0 aliphatic carbocycles. The van der Waals surface area contributed by atoms with Gasteiger partial charge in [0.15, 0.2) is 18.3 Å². The molecule has 32 heavy (non-hydrogen) atoms. The summed E-state index contributed by atoms with van der Waals surface area (Å²) >= 11 is 0. The van der Waals surface area contributed by atoms with E-state index < -0.39 is 11.8 Å². The number of para-hydroxylation sites is 1. The van der Waals surface area contributed by atoms with E-state index in [1.807, 2.05) is 6.92 Å². The smallest absolute Gasteiger partial charge is 0.323 e. The van der Waals surface area contributed by atoms with Crippen LogP contribution in [0.15, 0.2) is 30.3 Å². The van der Waals surface area contributed by atoms with Gasteiger partial charge >= 0.3 is 6.03 Å². The molecule has 0 saturated carbocycles. The number of benzene rings is 2. The maximum atomic E-state index is 14.0. The molecule has 3 amide bonds. The lowest BCUT2D eigenvalue weighted by atomic mass is 10.1. The van der Waals surface area contributed by atoms with Crippen molar-refractivity contribution >= 4 is 23.3 Å². The molecule has 2 heterocycles. The van der Waals surface area contributed by atoms with E-state index in [1.165, 1.54) is 6.07 Å². The summed E-state index contributed by atoms with van der Waals surface area (Å²) in [6, 6.07) is 6.64. The number of carbonyl (C=O) groups is 2. The molecule has 0 saturated heterocycles. The van der Waals surface area contributed by atoms with Gasteiger partial charge in [0.1, 0.15) is 5.82 Å². The molecule has 0 aromatic heterocycles. The predicted molar refractivity (Wildman–Crippen MR) is 113 cm³/mol. The van der Waals surface area contributed by atoms with Crippen LogP contribution < -0.4 is 20.1 Å². The third-order valence-corrected chi connectivity index (χ3v) is 5.12. The predicted octanol–water partition coefficient (Wildman–Crippen LogP) is 2.80. The van der Waals surface area contributed by atoms with Crippen molar-refractivity contribution in [3.05, 3.63) is 47.3 Å². The van der Waals surface area contributed by atoms with Crippen LogP contribution in [-0.2, 0) is 11.3 Å². The number of aliphatic hydroxyl groups is 1. The van der Waals surface area contributed by atoms with Crippen LogP contribution >= 0.6 is 0 Å². The normalized spacial score (nSPS) is 17.8. The number of hydrogen-bond donors (Lipinski definition) is 3. The molecule has 2 aromatic carbocycles. The number of ether oxygens (including phenoxy) is 3. The van der Waals surface area contributed by atoms with Crippen LogP contribution in [0.1, 0.15) is 22.8 Å². The number of carbonyl (C=O) groups excluding carboxylic acids is 2. The number of hydrogen-bond acceptors (Lipinski definition) is 6. The van der Waals surface area contributed by atoms with E-state index in [1.54, 1.807) is 23.1 Å². The zero-order valence-electron chi connectivity index (χ0n) is 17.5. The summed E-state index contributed by atoms with van der Waals surface area (Å²) < 4.78 is 30.4. The number of fused-ring (bicyclic) bond motifs is 2. The molecule has 2 aliphatic rings. The van der Waals surface area contributed by atoms with Crippen molar-refractivity contribution in [2.75, 3.05) is 43.7 Å². The van der Waals surface area contributed by atoms with Crippen LogP contribution in [-0.4, -0.2) is 55.0 Å². The van der Waals surface area contributed by atoms with E-state index in [0.717, 1.165) is 6.07 Å². The summed E-state index contributed by atoms with van der Waals surface area (Å²) in [5.74, 6) is -0.218. The van der Waals surface area contributed by atoms with Gasteiger partial charge in [0.25, 0.3) is 5.91 Å². The maximum Gasteiger partial charge on any atom is 0.323 e. The van der Waals surface area contributed by atoms with E-state index in [4.69, 9.17) is 14.2 Å². The van der Waals surface area contributed by atoms with Gasteiger partial charge < -0.3 is 34.9 Å². The fourth-order valence-corrected chi connectivity index (χ4v) is 3.73. The summed E-state index contributed by atoms with van der Waals surface area (Å²) in [4.78, 5) is 27.3. The van der Waals surface area contributed by atoms with Gasteiger partial charge in [-0.25, -0.2) is 9.18 Å². The first-order chi connectivity index (χ1) is 15.5. The highest BCUT2D eigenvalue weighted by atomic mass is 19.1. The Morgan fingerprint density at radius 1 is 1.22 bits per heavy atom. The third-order valence-electron chi connectivity index (χ3n) is 5.12. The Morgan fingerprint density at radius 3 is 2.84 bits per heavy atom. The molecular formula is C22H24FN3O6. The number of halogens is 1. The average Bonchev–Trinajstić information content (AvgIpc) is 2.76. The number of rotatable bonds is 4. The van der Waals surface area contributed by atoms with E-state index in [9.17, 15) is 19.1 Å². The summed E-state index contributed by atoms with van der Waals surface area (Å²) in [6.45, 7) is 2.93. The Balaban J connectivity index is 1.58. The van der Waals surface area contributed by atoms with Crippen molar-refractivity contribution in [2.45, 2.75) is 13.5 Å². The molecule has 170 valence electrons. The SMILES string of the molecule is CC1COc2c(NC(=O)Nc3cc(F)cc4c3OCOC4)cccc2C(=O)N(CCO)C1. The number of aliphatic hydroxyl groups excluding tert-OH is 1. The van der Waals surface area contributed by atoms with Crippen molar-refractivity contribution in [1.82, 2.24) is 4.90 Å². The molecule has 2 aliphatic heterocycles. The standard InChI is InChI=1S/C22H24FN3O6/c1-13-9-26(5-6-27)21(28)16-3-2-4-17(20(16)31-10-13)24-22(29)25-18-8-15(23)7-14-11-30-12-32-19(14)18/h2-4,7-8,13,27H,5-6,9-12H2,1H3,(H2,24,25,29). The van der Waals surface area contributed by atoms with Gasteiger partial charge in [0.05, 0.1) is 36.8 Å². The number of nitrogens with one attached hydrogen (secondary N) is 2. The van der Waals surface area contributed by atoms with Gasteiger partial charge in [-0.3, -0.25) is 4.79 Å². The molecule has 0 radical (unpaired) electrons. The number of urea groups is 1. The fourth-order valence-electron chi connectivity index (χ4n) is 3.73. The van der Waals surface area contributed by atoms with Crippen LogP contribution in [0, 0.1) is 11.7 Å². The Bertz CT molecular complexity index is 1030. The van der Waals surface area contributed by atoms with Crippen LogP contribution in [0.5, 0.6) is 11.5 Å². The topological polar surface area (TPSA) is 109 Å². The monoisotopic (exact) mass is 445 g/mol. The first-order valence-corrected chi connectivity index (χ1v) is 10.2. The van der Waals surface area contributed by atoms with Crippen LogP contribution in [0.4, 0.5) is 20.6 Å². The molecule has 1 atom stereocenters. The van der Waals surface area contributed by atoms with Gasteiger partial charge in [0.2, 0.25) is 0 Å². The van der Waals surface area contributed by atoms with Crippen LogP contribution in [0.2, 0.25) is 0 Å². The Kier molecular flexibility index (Phi) is 6.42. The van der Waals surface area contributed by atoms with Crippen molar-refractivity contribution in [1.29, 1.82) is 0 Å². The zero-order chi connectivity index (χ0) is 22.7. The van der Waals surface area contributed by atoms with Crippen molar-refractivity contribution < 1.29 is 33.3 Å². The molecule has 0 spiro atoms. The van der Waals surface area contributed by atoms with Gasteiger partial charge in [-0.15, -0.1) is 0 Å². The number of anilines is 2. The number of amides is 3. The first-order valence-electron chi connectivity index (χ1n) is 10.2. The van der Waals surface area contributed by atoms with E-state index in [2.05, 4.69) is 10.6 Å². The van der Waals surface area contributed by atoms with Gasteiger partial charge in [0, 0.05) is 30.6 Å².